The Hall–Kier alpha value is -2.80. The first-order chi connectivity index (χ1) is 15.0. The summed E-state index contributed by atoms with van der Waals surface area (Å²) >= 11 is 0. The molecule has 31 heavy (non-hydrogen) atoms. The van der Waals surface area contributed by atoms with Gasteiger partial charge in [0.2, 0.25) is 0 Å². The van der Waals surface area contributed by atoms with Gasteiger partial charge in [-0.1, -0.05) is 12.1 Å². The first-order valence-corrected chi connectivity index (χ1v) is 11.2. The molecule has 3 amide bonds. The van der Waals surface area contributed by atoms with Gasteiger partial charge in [-0.15, -0.1) is 0 Å². The Labute approximate surface area is 184 Å². The SMILES string of the molecule is CCN1C(=O)N(CCCc2cccnc2)C(=O)C12CCN(Cc1cccc(C)n1)CC2. The molecule has 2 saturated heterocycles. The zero-order valence-corrected chi connectivity index (χ0v) is 18.5. The molecule has 0 atom stereocenters. The van der Waals surface area contributed by atoms with Crippen molar-refractivity contribution in [3.63, 3.8) is 0 Å². The van der Waals surface area contributed by atoms with E-state index in [1.165, 1.54) is 4.90 Å². The number of rotatable bonds is 7. The van der Waals surface area contributed by atoms with E-state index in [0.29, 0.717) is 25.9 Å². The van der Waals surface area contributed by atoms with Crippen molar-refractivity contribution in [1.82, 2.24) is 24.7 Å². The van der Waals surface area contributed by atoms with E-state index in [4.69, 9.17) is 0 Å². The van der Waals surface area contributed by atoms with Crippen molar-refractivity contribution in [1.29, 1.82) is 0 Å². The maximum Gasteiger partial charge on any atom is 0.327 e. The average Bonchev–Trinajstić information content (AvgIpc) is 2.97. The van der Waals surface area contributed by atoms with Crippen LogP contribution in [0.1, 0.15) is 43.1 Å². The summed E-state index contributed by atoms with van der Waals surface area (Å²) in [6.07, 6.45) is 6.50. The summed E-state index contributed by atoms with van der Waals surface area (Å²) in [4.78, 5) is 40.9. The van der Waals surface area contributed by atoms with Gasteiger partial charge in [-0.2, -0.15) is 0 Å². The first-order valence-electron chi connectivity index (χ1n) is 11.2. The Morgan fingerprint density at radius 1 is 1.10 bits per heavy atom. The number of likely N-dealkylation sites (N-methyl/N-ethyl adjacent to an activating group) is 1. The molecule has 2 aliphatic rings. The number of imide groups is 1. The van der Waals surface area contributed by atoms with Crippen molar-refractivity contribution in [3.05, 3.63) is 59.7 Å². The number of piperidine rings is 1. The average molecular weight is 422 g/mol. The van der Waals surface area contributed by atoms with Gasteiger partial charge in [0, 0.05) is 50.8 Å². The number of amides is 3. The van der Waals surface area contributed by atoms with Crippen LogP contribution in [0.4, 0.5) is 4.79 Å². The smallest absolute Gasteiger partial charge is 0.310 e. The second kappa shape index (κ2) is 9.14. The summed E-state index contributed by atoms with van der Waals surface area (Å²) < 4.78 is 0. The van der Waals surface area contributed by atoms with E-state index in [2.05, 4.69) is 14.9 Å². The quantitative estimate of drug-likeness (QED) is 0.643. The number of pyridine rings is 2. The molecule has 1 spiro atoms. The molecule has 2 aromatic heterocycles. The predicted molar refractivity (Wildman–Crippen MR) is 118 cm³/mol. The molecule has 164 valence electrons. The standard InChI is InChI=1S/C24H31N5O2/c1-3-29-23(31)28(14-6-9-20-8-5-13-25-17-20)22(30)24(29)11-15-27(16-12-24)18-21-10-4-7-19(2)26-21/h4-5,7-8,10,13,17H,3,6,9,11-12,14-16,18H2,1-2H3. The third kappa shape index (κ3) is 4.32. The fourth-order valence-electron chi connectivity index (χ4n) is 4.89. The summed E-state index contributed by atoms with van der Waals surface area (Å²) in [5.41, 5.74) is 2.51. The van der Waals surface area contributed by atoms with Gasteiger partial charge < -0.3 is 4.90 Å². The van der Waals surface area contributed by atoms with E-state index < -0.39 is 5.54 Å². The van der Waals surface area contributed by atoms with Gasteiger partial charge in [-0.05, 0) is 63.3 Å². The molecule has 0 N–H and O–H groups in total. The van der Waals surface area contributed by atoms with Crippen molar-refractivity contribution in [2.75, 3.05) is 26.2 Å². The second-order valence-electron chi connectivity index (χ2n) is 8.53. The van der Waals surface area contributed by atoms with Gasteiger partial charge in [-0.25, -0.2) is 4.79 Å². The number of urea groups is 1. The highest BCUT2D eigenvalue weighted by molar-refractivity contribution is 6.07. The molecule has 0 aromatic carbocycles. The van der Waals surface area contributed by atoms with Gasteiger partial charge in [0.15, 0.2) is 0 Å². The van der Waals surface area contributed by atoms with Crippen LogP contribution < -0.4 is 0 Å². The highest BCUT2D eigenvalue weighted by Gasteiger charge is 2.57. The van der Waals surface area contributed by atoms with Crippen molar-refractivity contribution in [2.24, 2.45) is 0 Å². The largest absolute Gasteiger partial charge is 0.327 e. The summed E-state index contributed by atoms with van der Waals surface area (Å²) in [6.45, 7) is 7.34. The lowest BCUT2D eigenvalue weighted by Gasteiger charge is -2.41. The van der Waals surface area contributed by atoms with Gasteiger partial charge in [0.25, 0.3) is 5.91 Å². The van der Waals surface area contributed by atoms with Crippen molar-refractivity contribution in [2.45, 2.75) is 51.6 Å². The number of nitrogens with zero attached hydrogens (tertiary/aromatic N) is 5. The lowest BCUT2D eigenvalue weighted by Crippen LogP contribution is -2.56. The third-order valence-electron chi connectivity index (χ3n) is 6.52. The number of hydrogen-bond acceptors (Lipinski definition) is 5. The fraction of sp³-hybridized carbons (Fsp3) is 0.500. The number of likely N-dealkylation sites (tertiary alicyclic amines) is 1. The Kier molecular flexibility index (Phi) is 6.32. The lowest BCUT2D eigenvalue weighted by atomic mass is 9.85. The van der Waals surface area contributed by atoms with Crippen LogP contribution in [0, 0.1) is 6.92 Å². The van der Waals surface area contributed by atoms with E-state index in [1.807, 2.05) is 55.3 Å². The second-order valence-corrected chi connectivity index (χ2v) is 8.53. The normalized spacial score (nSPS) is 18.9. The van der Waals surface area contributed by atoms with Gasteiger partial charge in [-0.3, -0.25) is 24.6 Å². The Morgan fingerprint density at radius 2 is 1.90 bits per heavy atom. The minimum absolute atomic E-state index is 0.0149. The van der Waals surface area contributed by atoms with Crippen LogP contribution in [0.3, 0.4) is 0 Å². The molecule has 4 heterocycles. The van der Waals surface area contributed by atoms with E-state index in [1.54, 1.807) is 6.20 Å². The van der Waals surface area contributed by atoms with Crippen LogP contribution in [0.25, 0.3) is 0 Å². The van der Waals surface area contributed by atoms with Crippen LogP contribution in [-0.4, -0.2) is 68.3 Å². The molecular weight excluding hydrogens is 390 g/mol. The summed E-state index contributed by atoms with van der Waals surface area (Å²) in [5.74, 6) is -0.0149. The Balaban J connectivity index is 1.39. The van der Waals surface area contributed by atoms with E-state index >= 15 is 0 Å². The molecule has 7 heteroatoms. The molecule has 4 rings (SSSR count). The number of aromatic nitrogens is 2. The maximum atomic E-state index is 13.4. The summed E-state index contributed by atoms with van der Waals surface area (Å²) in [5, 5.41) is 0. The van der Waals surface area contributed by atoms with E-state index in [0.717, 1.165) is 49.4 Å². The van der Waals surface area contributed by atoms with Crippen molar-refractivity contribution >= 4 is 11.9 Å². The van der Waals surface area contributed by atoms with Gasteiger partial charge in [0.05, 0.1) is 5.69 Å². The van der Waals surface area contributed by atoms with Crippen LogP contribution >= 0.6 is 0 Å². The molecule has 0 aliphatic carbocycles. The molecule has 0 bridgehead atoms. The number of hydrogen-bond donors (Lipinski definition) is 0. The van der Waals surface area contributed by atoms with Crippen LogP contribution in [0.15, 0.2) is 42.7 Å². The Bertz CT molecular complexity index is 925. The van der Waals surface area contributed by atoms with E-state index in [-0.39, 0.29) is 11.9 Å². The molecule has 2 fully saturated rings. The highest BCUT2D eigenvalue weighted by atomic mass is 16.2. The number of aryl methyl sites for hydroxylation is 2. The van der Waals surface area contributed by atoms with Crippen molar-refractivity contribution < 1.29 is 9.59 Å². The molecular formula is C24H31N5O2. The summed E-state index contributed by atoms with van der Waals surface area (Å²) in [7, 11) is 0. The molecule has 0 radical (unpaired) electrons. The van der Waals surface area contributed by atoms with Crippen LogP contribution in [-0.2, 0) is 17.8 Å². The van der Waals surface area contributed by atoms with Crippen LogP contribution in [0.5, 0.6) is 0 Å². The number of carbonyl (C=O) groups is 2. The maximum absolute atomic E-state index is 13.4. The molecule has 2 aliphatic heterocycles. The van der Waals surface area contributed by atoms with Gasteiger partial charge in [0.1, 0.15) is 5.54 Å². The van der Waals surface area contributed by atoms with Gasteiger partial charge >= 0.3 is 6.03 Å². The zero-order chi connectivity index (χ0) is 21.8. The lowest BCUT2D eigenvalue weighted by molar-refractivity contribution is -0.135. The summed E-state index contributed by atoms with van der Waals surface area (Å²) in [6, 6.07) is 9.88. The van der Waals surface area contributed by atoms with Crippen LogP contribution in [0.2, 0.25) is 0 Å². The minimum atomic E-state index is -0.684. The van der Waals surface area contributed by atoms with Crippen molar-refractivity contribution in [3.8, 4) is 0 Å². The molecule has 2 aromatic rings. The topological polar surface area (TPSA) is 69.6 Å². The third-order valence-corrected chi connectivity index (χ3v) is 6.52. The monoisotopic (exact) mass is 421 g/mol. The van der Waals surface area contributed by atoms with E-state index in [9.17, 15) is 9.59 Å². The zero-order valence-electron chi connectivity index (χ0n) is 18.5. The minimum Gasteiger partial charge on any atom is -0.310 e. The Morgan fingerprint density at radius 3 is 2.58 bits per heavy atom. The highest BCUT2D eigenvalue weighted by Crippen LogP contribution is 2.37. The fourth-order valence-corrected chi connectivity index (χ4v) is 4.89. The molecule has 0 unspecified atom stereocenters. The number of carbonyl (C=O) groups excluding carboxylic acids is 2. The first kappa shape index (κ1) is 21.4. The predicted octanol–water partition coefficient (Wildman–Crippen LogP) is 3.04. The molecule has 0 saturated carbocycles. The molecule has 7 nitrogen and oxygen atoms in total.